The Labute approximate surface area is 426 Å². The molecule has 0 amide bonds. The van der Waals surface area contributed by atoms with Crippen LogP contribution in [0, 0.1) is 0 Å². The fraction of sp³-hybridized carbons (Fsp3) is 0.864. The third-order valence-corrected chi connectivity index (χ3v) is 14.0. The van der Waals surface area contributed by atoms with Gasteiger partial charge in [0.25, 0.3) is 0 Å². The first kappa shape index (κ1) is 67.2. The van der Waals surface area contributed by atoms with Crippen molar-refractivity contribution in [1.29, 1.82) is 0 Å². The number of carbonyl (C=O) groups is 2. The molecule has 0 rings (SSSR count). The lowest BCUT2D eigenvalue weighted by molar-refractivity contribution is -0.161. The van der Waals surface area contributed by atoms with Gasteiger partial charge in [0.05, 0.1) is 13.2 Å². The van der Waals surface area contributed by atoms with Gasteiger partial charge in [-0.15, -0.1) is 0 Å². The molecule has 3 N–H and O–H groups in total. The first-order valence-electron chi connectivity index (χ1n) is 29.5. The molecule has 0 bridgehead atoms. The summed E-state index contributed by atoms with van der Waals surface area (Å²) in [6.45, 7) is 3.78. The molecule has 0 aromatic heterocycles. The van der Waals surface area contributed by atoms with Crippen LogP contribution in [0.2, 0.25) is 0 Å². The number of phosphoric ester groups is 1. The van der Waals surface area contributed by atoms with Gasteiger partial charge in [-0.1, -0.05) is 269 Å². The van der Waals surface area contributed by atoms with E-state index in [0.29, 0.717) is 6.42 Å². The van der Waals surface area contributed by atoms with Crippen LogP contribution in [0.1, 0.15) is 296 Å². The summed E-state index contributed by atoms with van der Waals surface area (Å²) in [5, 5.41) is 0. The quantitative estimate of drug-likeness (QED) is 0.0264. The van der Waals surface area contributed by atoms with Crippen molar-refractivity contribution < 1.29 is 37.6 Å². The molecule has 10 heteroatoms. The maximum absolute atomic E-state index is 12.7. The van der Waals surface area contributed by atoms with Crippen molar-refractivity contribution in [2.45, 2.75) is 302 Å². The Morgan fingerprint density at radius 1 is 0.435 bits per heavy atom. The Morgan fingerprint density at radius 3 is 1.12 bits per heavy atom. The van der Waals surface area contributed by atoms with Gasteiger partial charge in [-0.2, -0.15) is 0 Å². The van der Waals surface area contributed by atoms with Gasteiger partial charge in [0, 0.05) is 19.4 Å². The highest BCUT2D eigenvalue weighted by atomic mass is 31.2. The number of hydrogen-bond donors (Lipinski definition) is 2. The van der Waals surface area contributed by atoms with Crippen molar-refractivity contribution in [2.75, 3.05) is 26.4 Å². The first-order valence-corrected chi connectivity index (χ1v) is 31.0. The number of carbonyl (C=O) groups excluding carboxylic acids is 2. The lowest BCUT2D eigenvalue weighted by atomic mass is 10.0. The third kappa shape index (κ3) is 55.4. The summed E-state index contributed by atoms with van der Waals surface area (Å²) >= 11 is 0. The van der Waals surface area contributed by atoms with E-state index in [0.717, 1.165) is 51.4 Å². The summed E-state index contributed by atoms with van der Waals surface area (Å²) in [4.78, 5) is 35.2. The van der Waals surface area contributed by atoms with Crippen molar-refractivity contribution in [1.82, 2.24) is 0 Å². The molecule has 0 aliphatic rings. The smallest absolute Gasteiger partial charge is 0.462 e. The van der Waals surface area contributed by atoms with Crippen LogP contribution < -0.4 is 5.73 Å². The summed E-state index contributed by atoms with van der Waals surface area (Å²) in [6.07, 6.45) is 66.3. The summed E-state index contributed by atoms with van der Waals surface area (Å²) in [5.41, 5.74) is 5.38. The van der Waals surface area contributed by atoms with Crippen LogP contribution in [0.3, 0.4) is 0 Å². The topological polar surface area (TPSA) is 134 Å². The van der Waals surface area contributed by atoms with Gasteiger partial charge >= 0.3 is 19.8 Å². The minimum absolute atomic E-state index is 0.0551. The highest BCUT2D eigenvalue weighted by Gasteiger charge is 2.26. The van der Waals surface area contributed by atoms with Gasteiger partial charge in [0.2, 0.25) is 0 Å². The molecule has 2 atom stereocenters. The van der Waals surface area contributed by atoms with Gasteiger partial charge in [0.1, 0.15) is 6.61 Å². The molecule has 406 valence electrons. The lowest BCUT2D eigenvalue weighted by Crippen LogP contribution is -2.29. The number of esters is 2. The molecule has 0 radical (unpaired) electrons. The fourth-order valence-corrected chi connectivity index (χ4v) is 9.41. The molecule has 0 aliphatic heterocycles. The minimum Gasteiger partial charge on any atom is -0.462 e. The second kappa shape index (κ2) is 55.5. The molecule has 0 aromatic rings. The molecule has 2 unspecified atom stereocenters. The molecule has 69 heavy (non-hydrogen) atoms. The number of ether oxygens (including phenoxy) is 2. The van der Waals surface area contributed by atoms with Crippen molar-refractivity contribution >= 4 is 19.8 Å². The number of allylic oxidation sites excluding steroid dienone is 6. The summed E-state index contributed by atoms with van der Waals surface area (Å²) in [6, 6.07) is 0. The van der Waals surface area contributed by atoms with Gasteiger partial charge in [-0.3, -0.25) is 18.6 Å². The number of rotatable bonds is 56. The molecule has 0 aliphatic carbocycles. The van der Waals surface area contributed by atoms with Crippen molar-refractivity contribution in [3.05, 3.63) is 36.5 Å². The number of nitrogens with two attached hydrogens (primary N) is 1. The fourth-order valence-electron chi connectivity index (χ4n) is 8.65. The normalized spacial score (nSPS) is 13.3. The SMILES string of the molecule is CCCCCCC/C=C\C/C=C\C/C=C\CCCCCCCCCCCCCCCCC(=O)OC(COC(=O)CCCCCCCCCCCCCCCCCCCCC)COP(=O)(O)OCCN. The number of unbranched alkanes of at least 4 members (excludes halogenated alkanes) is 37. The van der Waals surface area contributed by atoms with Crippen LogP contribution in [0.25, 0.3) is 0 Å². The molecule has 0 heterocycles. The van der Waals surface area contributed by atoms with E-state index in [1.54, 1.807) is 0 Å². The van der Waals surface area contributed by atoms with Crippen LogP contribution in [0.15, 0.2) is 36.5 Å². The highest BCUT2D eigenvalue weighted by Crippen LogP contribution is 2.43. The van der Waals surface area contributed by atoms with E-state index in [-0.39, 0.29) is 38.6 Å². The standard InChI is InChI=1S/C59H112NO8P/c1-3-5-7-9-11-13-15-17-19-21-23-24-25-26-27-28-29-30-31-32-34-36-38-40-42-44-46-48-50-52-59(62)68-57(56-67-69(63,64)66-54-53-60)55-65-58(61)51-49-47-45-43-41-39-37-35-33-22-20-18-16-14-12-10-8-6-4-2/h15,17,21,23,25-26,57H,3-14,16,18-20,22,24,27-56,60H2,1-2H3,(H,63,64)/b17-15-,23-21-,26-25-. The summed E-state index contributed by atoms with van der Waals surface area (Å²) in [5.74, 6) is -0.812. The third-order valence-electron chi connectivity index (χ3n) is 13.0. The Kier molecular flexibility index (Phi) is 54.1. The Balaban J connectivity index is 3.92. The zero-order valence-corrected chi connectivity index (χ0v) is 46.2. The molecule has 0 spiro atoms. The van der Waals surface area contributed by atoms with Crippen LogP contribution >= 0.6 is 7.82 Å². The lowest BCUT2D eigenvalue weighted by Gasteiger charge is -2.19. The molecule has 0 aromatic carbocycles. The van der Waals surface area contributed by atoms with E-state index in [1.165, 1.54) is 212 Å². The van der Waals surface area contributed by atoms with E-state index in [4.69, 9.17) is 24.3 Å². The van der Waals surface area contributed by atoms with Gasteiger partial charge in [0.15, 0.2) is 6.10 Å². The number of phosphoric acid groups is 1. The number of hydrogen-bond acceptors (Lipinski definition) is 8. The molecular formula is C59H112NO8P. The molecule has 0 saturated carbocycles. The second-order valence-corrected chi connectivity index (χ2v) is 21.3. The van der Waals surface area contributed by atoms with Crippen LogP contribution in [-0.2, 0) is 32.7 Å². The Bertz CT molecular complexity index is 1220. The molecule has 0 fully saturated rings. The summed E-state index contributed by atoms with van der Waals surface area (Å²) in [7, 11) is -4.38. The minimum atomic E-state index is -4.38. The second-order valence-electron chi connectivity index (χ2n) is 19.9. The van der Waals surface area contributed by atoms with E-state index in [1.807, 2.05) is 0 Å². The Morgan fingerprint density at radius 2 is 0.754 bits per heavy atom. The zero-order valence-electron chi connectivity index (χ0n) is 45.3. The van der Waals surface area contributed by atoms with E-state index in [9.17, 15) is 19.0 Å². The van der Waals surface area contributed by atoms with E-state index >= 15 is 0 Å². The zero-order chi connectivity index (χ0) is 50.2. The largest absolute Gasteiger partial charge is 0.472 e. The monoisotopic (exact) mass is 994 g/mol. The average molecular weight is 995 g/mol. The van der Waals surface area contributed by atoms with E-state index < -0.39 is 26.5 Å². The van der Waals surface area contributed by atoms with Gasteiger partial charge in [-0.25, -0.2) is 4.57 Å². The van der Waals surface area contributed by atoms with Crippen molar-refractivity contribution in [3.8, 4) is 0 Å². The maximum atomic E-state index is 12.7. The van der Waals surface area contributed by atoms with Crippen molar-refractivity contribution in [2.24, 2.45) is 5.73 Å². The molecule has 9 nitrogen and oxygen atoms in total. The van der Waals surface area contributed by atoms with E-state index in [2.05, 4.69) is 50.3 Å². The predicted octanol–water partition coefficient (Wildman–Crippen LogP) is 18.4. The van der Waals surface area contributed by atoms with Crippen LogP contribution in [0.4, 0.5) is 0 Å². The molecular weight excluding hydrogens is 882 g/mol. The van der Waals surface area contributed by atoms with Gasteiger partial charge < -0.3 is 20.1 Å². The Hall–Kier alpha value is -1.77. The highest BCUT2D eigenvalue weighted by molar-refractivity contribution is 7.47. The summed E-state index contributed by atoms with van der Waals surface area (Å²) < 4.78 is 33.0. The first-order chi connectivity index (χ1) is 33.8. The molecule has 0 saturated heterocycles. The maximum Gasteiger partial charge on any atom is 0.472 e. The van der Waals surface area contributed by atoms with Crippen LogP contribution in [0.5, 0.6) is 0 Å². The van der Waals surface area contributed by atoms with Crippen molar-refractivity contribution in [3.63, 3.8) is 0 Å². The van der Waals surface area contributed by atoms with Gasteiger partial charge in [-0.05, 0) is 51.4 Å². The average Bonchev–Trinajstić information content (AvgIpc) is 3.34. The predicted molar refractivity (Wildman–Crippen MR) is 294 cm³/mol. The van der Waals surface area contributed by atoms with Crippen LogP contribution in [-0.4, -0.2) is 49.3 Å².